The normalized spacial score (nSPS) is 10.7. The van der Waals surface area contributed by atoms with Crippen LogP contribution in [0.4, 0.5) is 22.7 Å². The van der Waals surface area contributed by atoms with Crippen molar-refractivity contribution in [3.63, 3.8) is 0 Å². The zero-order valence-electron chi connectivity index (χ0n) is 17.8. The van der Waals surface area contributed by atoms with Crippen molar-refractivity contribution in [3.8, 4) is 16.9 Å². The molecule has 0 bridgehead atoms. The Bertz CT molecular complexity index is 1400. The molecule has 8 heteroatoms. The number of anilines is 4. The number of pyridine rings is 2. The first-order valence-corrected chi connectivity index (χ1v) is 10.7. The minimum atomic E-state index is 0.606. The van der Waals surface area contributed by atoms with Gasteiger partial charge in [-0.05, 0) is 55.5 Å². The van der Waals surface area contributed by atoms with Crippen molar-refractivity contribution < 1.29 is 0 Å². The molecule has 0 amide bonds. The first-order chi connectivity index (χ1) is 16.2. The third-order valence-corrected chi connectivity index (χ3v) is 5.55. The lowest BCUT2D eigenvalue weighted by molar-refractivity contribution is 0.804. The van der Waals surface area contributed by atoms with Crippen LogP contribution < -0.4 is 10.6 Å². The van der Waals surface area contributed by atoms with E-state index in [2.05, 4.69) is 30.9 Å². The van der Waals surface area contributed by atoms with Crippen LogP contribution in [-0.4, -0.2) is 25.0 Å². The van der Waals surface area contributed by atoms with Crippen LogP contribution in [0.5, 0.6) is 0 Å². The van der Waals surface area contributed by atoms with Crippen molar-refractivity contribution in [2.45, 2.75) is 6.92 Å². The Morgan fingerprint density at radius 3 is 2.45 bits per heavy atom. The van der Waals surface area contributed by atoms with E-state index in [1.54, 1.807) is 23.3 Å². The third kappa shape index (κ3) is 4.68. The second kappa shape index (κ2) is 9.10. The molecular weight excluding hydrogens is 434 g/mol. The molecule has 0 aliphatic rings. The molecule has 0 atom stereocenters. The molecule has 2 N–H and O–H groups in total. The van der Waals surface area contributed by atoms with Gasteiger partial charge in [-0.2, -0.15) is 0 Å². The molecule has 3 aromatic heterocycles. The van der Waals surface area contributed by atoms with Gasteiger partial charge in [0.05, 0.1) is 28.3 Å². The maximum atomic E-state index is 6.38. The standard InChI is InChI=1S/C25H20ClN7/c1-17-25(26)23(10-13-28-17)30-20-5-2-4-18(14-20)24-16-33(32-31-24)22-7-3-6-21(15-22)29-19-8-11-27-12-9-19/h2-16H,1H3,(H,27,29)(H,28,30). The lowest BCUT2D eigenvalue weighted by atomic mass is 10.1. The summed E-state index contributed by atoms with van der Waals surface area (Å²) in [7, 11) is 0. The van der Waals surface area contributed by atoms with E-state index < -0.39 is 0 Å². The van der Waals surface area contributed by atoms with Crippen molar-refractivity contribution in [2.75, 3.05) is 10.6 Å². The summed E-state index contributed by atoms with van der Waals surface area (Å²) in [6.07, 6.45) is 7.15. The van der Waals surface area contributed by atoms with Crippen LogP contribution in [0.25, 0.3) is 16.9 Å². The Balaban J connectivity index is 1.37. The number of hydrogen-bond acceptors (Lipinski definition) is 6. The summed E-state index contributed by atoms with van der Waals surface area (Å²) in [4.78, 5) is 8.25. The molecule has 0 radical (unpaired) electrons. The first-order valence-electron chi connectivity index (χ1n) is 10.3. The molecule has 5 rings (SSSR count). The minimum Gasteiger partial charge on any atom is -0.355 e. The van der Waals surface area contributed by atoms with Gasteiger partial charge in [0.25, 0.3) is 0 Å². The maximum absolute atomic E-state index is 6.38. The molecule has 0 aliphatic heterocycles. The van der Waals surface area contributed by atoms with Crippen LogP contribution in [0, 0.1) is 6.92 Å². The van der Waals surface area contributed by atoms with Gasteiger partial charge in [-0.15, -0.1) is 5.10 Å². The highest BCUT2D eigenvalue weighted by molar-refractivity contribution is 6.33. The molecule has 0 saturated heterocycles. The van der Waals surface area contributed by atoms with Gasteiger partial charge in [-0.3, -0.25) is 9.97 Å². The predicted octanol–water partition coefficient (Wildman–Crippen LogP) is 6.17. The highest BCUT2D eigenvalue weighted by Gasteiger charge is 2.09. The van der Waals surface area contributed by atoms with Crippen LogP contribution >= 0.6 is 11.6 Å². The van der Waals surface area contributed by atoms with E-state index >= 15 is 0 Å². The predicted molar refractivity (Wildman–Crippen MR) is 132 cm³/mol. The fourth-order valence-electron chi connectivity index (χ4n) is 3.41. The van der Waals surface area contributed by atoms with E-state index in [-0.39, 0.29) is 0 Å². The van der Waals surface area contributed by atoms with Gasteiger partial charge >= 0.3 is 0 Å². The van der Waals surface area contributed by atoms with Gasteiger partial charge in [0.15, 0.2) is 0 Å². The Labute approximate surface area is 196 Å². The van der Waals surface area contributed by atoms with Crippen LogP contribution in [0.2, 0.25) is 5.02 Å². The van der Waals surface area contributed by atoms with Crippen LogP contribution in [0.15, 0.2) is 91.5 Å². The summed E-state index contributed by atoms with van der Waals surface area (Å²) in [5, 5.41) is 16.0. The van der Waals surface area contributed by atoms with Crippen molar-refractivity contribution in [1.29, 1.82) is 0 Å². The van der Waals surface area contributed by atoms with Crippen molar-refractivity contribution in [3.05, 3.63) is 102 Å². The summed E-state index contributed by atoms with van der Waals surface area (Å²) in [6.45, 7) is 1.88. The number of halogens is 1. The highest BCUT2D eigenvalue weighted by atomic mass is 35.5. The number of benzene rings is 2. The second-order valence-electron chi connectivity index (χ2n) is 7.42. The van der Waals surface area contributed by atoms with Gasteiger partial charge in [0.1, 0.15) is 5.69 Å². The van der Waals surface area contributed by atoms with E-state index in [9.17, 15) is 0 Å². The average molecular weight is 454 g/mol. The molecule has 2 aromatic carbocycles. The molecule has 0 aliphatic carbocycles. The Morgan fingerprint density at radius 2 is 1.61 bits per heavy atom. The summed E-state index contributed by atoms with van der Waals surface area (Å²) < 4.78 is 1.76. The molecule has 0 fully saturated rings. The Kier molecular flexibility index (Phi) is 5.70. The fourth-order valence-corrected chi connectivity index (χ4v) is 3.57. The molecule has 33 heavy (non-hydrogen) atoms. The third-order valence-electron chi connectivity index (χ3n) is 5.07. The molecule has 3 heterocycles. The molecule has 7 nitrogen and oxygen atoms in total. The van der Waals surface area contributed by atoms with Crippen molar-refractivity contribution in [1.82, 2.24) is 25.0 Å². The van der Waals surface area contributed by atoms with Crippen molar-refractivity contribution >= 4 is 34.4 Å². The number of rotatable bonds is 6. The van der Waals surface area contributed by atoms with Gasteiger partial charge < -0.3 is 10.6 Å². The molecule has 0 saturated carbocycles. The number of nitrogens with one attached hydrogen (secondary N) is 2. The number of aromatic nitrogens is 5. The van der Waals surface area contributed by atoms with Gasteiger partial charge in [-0.1, -0.05) is 35.0 Å². The zero-order valence-corrected chi connectivity index (χ0v) is 18.5. The topological polar surface area (TPSA) is 80.5 Å². The van der Waals surface area contributed by atoms with Gasteiger partial charge in [-0.25, -0.2) is 4.68 Å². The monoisotopic (exact) mass is 453 g/mol. The molecule has 5 aromatic rings. The highest BCUT2D eigenvalue weighted by Crippen LogP contribution is 2.29. The maximum Gasteiger partial charge on any atom is 0.113 e. The van der Waals surface area contributed by atoms with E-state index in [1.807, 2.05) is 79.9 Å². The summed E-state index contributed by atoms with van der Waals surface area (Å²) >= 11 is 6.38. The van der Waals surface area contributed by atoms with Gasteiger partial charge in [0.2, 0.25) is 0 Å². The smallest absolute Gasteiger partial charge is 0.113 e. The molecule has 0 spiro atoms. The lowest BCUT2D eigenvalue weighted by Gasteiger charge is -2.10. The summed E-state index contributed by atoms with van der Waals surface area (Å²) in [6, 6.07) is 21.6. The van der Waals surface area contributed by atoms with E-state index in [0.717, 1.165) is 45.4 Å². The Morgan fingerprint density at radius 1 is 0.818 bits per heavy atom. The van der Waals surface area contributed by atoms with Crippen LogP contribution in [0.1, 0.15) is 5.69 Å². The fraction of sp³-hybridized carbons (Fsp3) is 0.0400. The average Bonchev–Trinajstić information content (AvgIpc) is 3.34. The number of aryl methyl sites for hydroxylation is 1. The van der Waals surface area contributed by atoms with Crippen LogP contribution in [0.3, 0.4) is 0 Å². The minimum absolute atomic E-state index is 0.606. The van der Waals surface area contributed by atoms with E-state index in [0.29, 0.717) is 5.02 Å². The first kappa shape index (κ1) is 20.7. The summed E-state index contributed by atoms with van der Waals surface area (Å²) in [5.74, 6) is 0. The number of nitrogens with zero attached hydrogens (tertiary/aromatic N) is 5. The van der Waals surface area contributed by atoms with E-state index in [1.165, 1.54) is 0 Å². The summed E-state index contributed by atoms with van der Waals surface area (Å²) in [5.41, 5.74) is 7.02. The SMILES string of the molecule is Cc1nccc(Nc2cccc(-c3cn(-c4cccc(Nc5ccncc5)c4)nn3)c2)c1Cl. The van der Waals surface area contributed by atoms with Crippen molar-refractivity contribution in [2.24, 2.45) is 0 Å². The molecule has 0 unspecified atom stereocenters. The number of hydrogen-bond donors (Lipinski definition) is 2. The van der Waals surface area contributed by atoms with Gasteiger partial charge in [0, 0.05) is 41.2 Å². The molecule has 162 valence electrons. The largest absolute Gasteiger partial charge is 0.355 e. The quantitative estimate of drug-likeness (QED) is 0.320. The van der Waals surface area contributed by atoms with E-state index in [4.69, 9.17) is 11.6 Å². The zero-order chi connectivity index (χ0) is 22.6. The Hall–Kier alpha value is -4.23. The molecular formula is C25H20ClN7. The lowest BCUT2D eigenvalue weighted by Crippen LogP contribution is -1.97. The van der Waals surface area contributed by atoms with Crippen LogP contribution in [-0.2, 0) is 0 Å². The second-order valence-corrected chi connectivity index (χ2v) is 7.80.